The van der Waals surface area contributed by atoms with Crippen molar-refractivity contribution < 1.29 is 19.2 Å². The summed E-state index contributed by atoms with van der Waals surface area (Å²) in [5.41, 5.74) is 0.745. The van der Waals surface area contributed by atoms with Crippen LogP contribution in [0.15, 0.2) is 24.3 Å². The van der Waals surface area contributed by atoms with Crippen molar-refractivity contribution in [3.05, 3.63) is 39.9 Å². The molecule has 0 aliphatic rings. The lowest BCUT2D eigenvalue weighted by atomic mass is 10.1. The van der Waals surface area contributed by atoms with Crippen LogP contribution < -0.4 is 0 Å². The number of benzene rings is 1. The third-order valence-corrected chi connectivity index (χ3v) is 2.47. The molecule has 0 aromatic heterocycles. The van der Waals surface area contributed by atoms with Crippen LogP contribution in [0.2, 0.25) is 0 Å². The van der Waals surface area contributed by atoms with Gasteiger partial charge < -0.3 is 9.47 Å². The van der Waals surface area contributed by atoms with Crippen molar-refractivity contribution >= 4 is 11.5 Å². The quantitative estimate of drug-likeness (QED) is 0.420. The second kappa shape index (κ2) is 6.83. The molecular formula is C12H15NO5. The fraction of sp³-hybridized carbons (Fsp3) is 0.417. The predicted molar refractivity (Wildman–Crippen MR) is 64.2 cm³/mol. The number of Topliss-reactive ketones (excluding diaryl/α,β-unsaturated/α-hetero) is 1. The molecule has 18 heavy (non-hydrogen) atoms. The van der Waals surface area contributed by atoms with Crippen molar-refractivity contribution in [3.63, 3.8) is 0 Å². The van der Waals surface area contributed by atoms with Gasteiger partial charge in [0.25, 0.3) is 5.69 Å². The minimum absolute atomic E-state index is 0.0119. The molecule has 0 atom stereocenters. The number of nitro benzene ring substituents is 1. The maximum Gasteiger partial charge on any atom is 0.269 e. The van der Waals surface area contributed by atoms with Crippen LogP contribution in [0.4, 0.5) is 5.69 Å². The van der Waals surface area contributed by atoms with Crippen molar-refractivity contribution in [2.45, 2.75) is 19.1 Å². The van der Waals surface area contributed by atoms with Gasteiger partial charge in [0.05, 0.1) is 11.3 Å². The van der Waals surface area contributed by atoms with Gasteiger partial charge in [-0.05, 0) is 5.56 Å². The summed E-state index contributed by atoms with van der Waals surface area (Å²) < 4.78 is 9.85. The van der Waals surface area contributed by atoms with Gasteiger partial charge in [0.15, 0.2) is 6.29 Å². The van der Waals surface area contributed by atoms with Crippen LogP contribution in [0.1, 0.15) is 12.0 Å². The highest BCUT2D eigenvalue weighted by Gasteiger charge is 2.13. The first kappa shape index (κ1) is 14.3. The van der Waals surface area contributed by atoms with Crippen molar-refractivity contribution in [2.24, 2.45) is 0 Å². The van der Waals surface area contributed by atoms with E-state index in [1.54, 1.807) is 12.1 Å². The Morgan fingerprint density at radius 2 is 1.83 bits per heavy atom. The van der Waals surface area contributed by atoms with Crippen LogP contribution >= 0.6 is 0 Å². The van der Waals surface area contributed by atoms with Crippen LogP contribution in [0.3, 0.4) is 0 Å². The van der Waals surface area contributed by atoms with Crippen LogP contribution in [0.5, 0.6) is 0 Å². The molecule has 0 bridgehead atoms. The zero-order chi connectivity index (χ0) is 13.5. The molecule has 98 valence electrons. The molecule has 0 aliphatic carbocycles. The summed E-state index contributed by atoms with van der Waals surface area (Å²) in [5.74, 6) is -0.0439. The van der Waals surface area contributed by atoms with Crippen molar-refractivity contribution in [2.75, 3.05) is 14.2 Å². The van der Waals surface area contributed by atoms with Gasteiger partial charge in [-0.1, -0.05) is 12.1 Å². The summed E-state index contributed by atoms with van der Waals surface area (Å²) in [5, 5.41) is 10.5. The largest absolute Gasteiger partial charge is 0.355 e. The highest BCUT2D eigenvalue weighted by atomic mass is 16.7. The van der Waals surface area contributed by atoms with Gasteiger partial charge in [0.1, 0.15) is 5.78 Å². The van der Waals surface area contributed by atoms with Gasteiger partial charge in [-0.2, -0.15) is 0 Å². The van der Waals surface area contributed by atoms with E-state index in [0.29, 0.717) is 0 Å². The Morgan fingerprint density at radius 1 is 1.28 bits per heavy atom. The van der Waals surface area contributed by atoms with Gasteiger partial charge >= 0.3 is 0 Å². The second-order valence-corrected chi connectivity index (χ2v) is 3.74. The molecule has 1 rings (SSSR count). The smallest absolute Gasteiger partial charge is 0.269 e. The van der Waals surface area contributed by atoms with Crippen LogP contribution in [-0.2, 0) is 20.7 Å². The van der Waals surface area contributed by atoms with Crippen LogP contribution in [-0.4, -0.2) is 31.2 Å². The molecule has 6 nitrogen and oxygen atoms in total. The molecule has 1 aromatic carbocycles. The Balaban J connectivity index is 2.56. The predicted octanol–water partition coefficient (Wildman–Crippen LogP) is 1.72. The molecule has 0 radical (unpaired) electrons. The Bertz CT molecular complexity index is 411. The zero-order valence-corrected chi connectivity index (χ0v) is 10.3. The van der Waals surface area contributed by atoms with Gasteiger partial charge in [-0.3, -0.25) is 14.9 Å². The molecule has 0 N–H and O–H groups in total. The lowest BCUT2D eigenvalue weighted by molar-refractivity contribution is -0.384. The number of ketones is 1. The number of nitrogens with zero attached hydrogens (tertiary/aromatic N) is 1. The highest BCUT2D eigenvalue weighted by Crippen LogP contribution is 2.13. The molecule has 0 unspecified atom stereocenters. The van der Waals surface area contributed by atoms with Crippen LogP contribution in [0, 0.1) is 10.1 Å². The molecule has 1 aromatic rings. The molecule has 6 heteroatoms. The standard InChI is InChI=1S/C12H15NO5/c1-17-12(18-2)8-11(14)7-9-3-5-10(6-4-9)13(15)16/h3-6,12H,7-8H2,1-2H3. The number of nitro groups is 1. The average Bonchev–Trinajstić information content (AvgIpc) is 2.36. The fourth-order valence-corrected chi connectivity index (χ4v) is 1.48. The van der Waals surface area contributed by atoms with Gasteiger partial charge in [0, 0.05) is 32.8 Å². The van der Waals surface area contributed by atoms with Gasteiger partial charge in [-0.25, -0.2) is 0 Å². The van der Waals surface area contributed by atoms with Crippen LogP contribution in [0.25, 0.3) is 0 Å². The number of ether oxygens (including phenoxy) is 2. The van der Waals surface area contributed by atoms with Crippen molar-refractivity contribution in [1.82, 2.24) is 0 Å². The van der Waals surface area contributed by atoms with E-state index in [-0.39, 0.29) is 24.3 Å². The maximum atomic E-state index is 11.7. The third-order valence-electron chi connectivity index (χ3n) is 2.47. The summed E-state index contributed by atoms with van der Waals surface area (Å²) in [7, 11) is 2.93. The number of methoxy groups -OCH3 is 2. The van der Waals surface area contributed by atoms with Crippen molar-refractivity contribution in [3.8, 4) is 0 Å². The molecular weight excluding hydrogens is 238 g/mol. The second-order valence-electron chi connectivity index (χ2n) is 3.74. The van der Waals surface area contributed by atoms with Crippen molar-refractivity contribution in [1.29, 1.82) is 0 Å². The Labute approximate surface area is 105 Å². The molecule has 0 heterocycles. The van der Waals surface area contributed by atoms with E-state index >= 15 is 0 Å². The van der Waals surface area contributed by atoms with E-state index in [4.69, 9.17) is 9.47 Å². The number of carbonyl (C=O) groups excluding carboxylic acids is 1. The number of rotatable bonds is 7. The lowest BCUT2D eigenvalue weighted by Gasteiger charge is -2.11. The normalized spacial score (nSPS) is 10.6. The summed E-state index contributed by atoms with van der Waals surface area (Å²) in [6, 6.07) is 5.91. The lowest BCUT2D eigenvalue weighted by Crippen LogP contribution is -2.19. The monoisotopic (exact) mass is 253 g/mol. The van der Waals surface area contributed by atoms with Gasteiger partial charge in [0.2, 0.25) is 0 Å². The van der Waals surface area contributed by atoms with E-state index in [1.165, 1.54) is 26.4 Å². The van der Waals surface area contributed by atoms with E-state index in [0.717, 1.165) is 5.56 Å². The highest BCUT2D eigenvalue weighted by molar-refractivity contribution is 5.81. The number of non-ortho nitro benzene ring substituents is 1. The summed E-state index contributed by atoms with van der Waals surface area (Å²) in [6.45, 7) is 0. The molecule has 0 fully saturated rings. The third kappa shape index (κ3) is 4.23. The first-order chi connectivity index (χ1) is 8.56. The maximum absolute atomic E-state index is 11.7. The molecule has 0 saturated carbocycles. The number of hydrogen-bond acceptors (Lipinski definition) is 5. The minimum atomic E-state index is -0.546. The zero-order valence-electron chi connectivity index (χ0n) is 10.3. The minimum Gasteiger partial charge on any atom is -0.355 e. The van der Waals surface area contributed by atoms with Gasteiger partial charge in [-0.15, -0.1) is 0 Å². The Morgan fingerprint density at radius 3 is 2.28 bits per heavy atom. The molecule has 0 saturated heterocycles. The van der Waals surface area contributed by atoms with E-state index in [2.05, 4.69) is 0 Å². The molecule has 0 spiro atoms. The van der Waals surface area contributed by atoms with E-state index in [9.17, 15) is 14.9 Å². The Kier molecular flexibility index (Phi) is 5.41. The summed E-state index contributed by atoms with van der Waals surface area (Å²) in [4.78, 5) is 21.7. The summed E-state index contributed by atoms with van der Waals surface area (Å²) >= 11 is 0. The first-order valence-corrected chi connectivity index (χ1v) is 5.37. The first-order valence-electron chi connectivity index (χ1n) is 5.37. The Hall–Kier alpha value is -1.79. The topological polar surface area (TPSA) is 78.7 Å². The number of hydrogen-bond donors (Lipinski definition) is 0. The SMILES string of the molecule is COC(CC(=O)Cc1ccc([N+](=O)[O-])cc1)OC. The molecule has 0 aliphatic heterocycles. The van der Waals surface area contributed by atoms with E-state index < -0.39 is 11.2 Å². The summed E-state index contributed by atoms with van der Waals surface area (Å²) in [6.07, 6.45) is -0.180. The number of carbonyl (C=O) groups is 1. The fourth-order valence-electron chi connectivity index (χ4n) is 1.48. The van der Waals surface area contributed by atoms with E-state index in [1.807, 2.05) is 0 Å². The molecule has 0 amide bonds. The average molecular weight is 253 g/mol.